The zero-order valence-corrected chi connectivity index (χ0v) is 17.6. The molecular weight excluding hydrogens is 406 g/mol. The van der Waals surface area contributed by atoms with Crippen LogP contribution in [-0.4, -0.2) is 28.2 Å². The molecular formula is C25H21ClN5+. The fourth-order valence-corrected chi connectivity index (χ4v) is 4.89. The van der Waals surface area contributed by atoms with Crippen LogP contribution in [0.3, 0.4) is 0 Å². The number of nitrogens with zero attached hydrogens (tertiary/aromatic N) is 4. The smallest absolute Gasteiger partial charge is 0.219 e. The van der Waals surface area contributed by atoms with E-state index in [0.717, 1.165) is 45.7 Å². The van der Waals surface area contributed by atoms with Gasteiger partial charge in [-0.15, -0.1) is 10.0 Å². The third-order valence-electron chi connectivity index (χ3n) is 6.33. The molecule has 1 aromatic heterocycles. The van der Waals surface area contributed by atoms with Crippen LogP contribution in [0.4, 0.5) is 0 Å². The van der Waals surface area contributed by atoms with Crippen molar-refractivity contribution >= 4 is 35.1 Å². The van der Waals surface area contributed by atoms with Crippen molar-refractivity contribution in [3.05, 3.63) is 89.5 Å². The van der Waals surface area contributed by atoms with Crippen molar-refractivity contribution < 1.29 is 4.59 Å². The minimum Gasteiger partial charge on any atom is -0.253 e. The molecule has 152 valence electrons. The van der Waals surface area contributed by atoms with Gasteiger partial charge in [0.05, 0.1) is 35.9 Å². The van der Waals surface area contributed by atoms with Gasteiger partial charge in [-0.05, 0) is 42.5 Å². The largest absolute Gasteiger partial charge is 0.253 e. The second-order valence-electron chi connectivity index (χ2n) is 8.30. The number of nitrogens with one attached hydrogen (secondary N) is 1. The maximum atomic E-state index is 6.68. The highest BCUT2D eigenvalue weighted by molar-refractivity contribution is 6.32. The average Bonchev–Trinajstić information content (AvgIpc) is 3.20. The summed E-state index contributed by atoms with van der Waals surface area (Å²) >= 11 is 6.68. The van der Waals surface area contributed by atoms with Gasteiger partial charge in [0.1, 0.15) is 6.20 Å². The molecule has 31 heavy (non-hydrogen) atoms. The van der Waals surface area contributed by atoms with Crippen molar-refractivity contribution in [3.63, 3.8) is 0 Å². The first-order valence-corrected chi connectivity index (χ1v) is 10.9. The van der Waals surface area contributed by atoms with Crippen LogP contribution in [0.5, 0.6) is 0 Å². The summed E-state index contributed by atoms with van der Waals surface area (Å²) in [6.07, 6.45) is 11.5. The van der Waals surface area contributed by atoms with Gasteiger partial charge in [0.15, 0.2) is 5.70 Å². The highest BCUT2D eigenvalue weighted by Crippen LogP contribution is 2.42. The number of hydrogen-bond donors (Lipinski definition) is 1. The second-order valence-corrected chi connectivity index (χ2v) is 8.70. The molecule has 6 rings (SSSR count). The Morgan fingerprint density at radius 3 is 2.74 bits per heavy atom. The van der Waals surface area contributed by atoms with Crippen molar-refractivity contribution in [2.45, 2.75) is 24.8 Å². The molecule has 5 nitrogen and oxygen atoms in total. The fraction of sp³-hybridized carbons (Fsp3) is 0.160. The summed E-state index contributed by atoms with van der Waals surface area (Å²) in [5.41, 5.74) is 9.02. The van der Waals surface area contributed by atoms with Crippen molar-refractivity contribution in [1.29, 1.82) is 0 Å². The van der Waals surface area contributed by atoms with E-state index in [4.69, 9.17) is 16.6 Å². The molecule has 0 bridgehead atoms. The first-order chi connectivity index (χ1) is 15.2. The van der Waals surface area contributed by atoms with Crippen molar-refractivity contribution in [1.82, 2.24) is 10.4 Å². The molecule has 3 aromatic rings. The van der Waals surface area contributed by atoms with Crippen molar-refractivity contribution in [3.8, 4) is 11.3 Å². The minimum absolute atomic E-state index is 0.379. The van der Waals surface area contributed by atoms with E-state index in [2.05, 4.69) is 45.7 Å². The molecule has 1 N–H and O–H groups in total. The summed E-state index contributed by atoms with van der Waals surface area (Å²) in [5, 5.41) is 1.90. The van der Waals surface area contributed by atoms with Crippen LogP contribution in [0, 0.1) is 0 Å². The molecule has 3 aliphatic rings. The maximum Gasteiger partial charge on any atom is 0.219 e. The third kappa shape index (κ3) is 3.22. The van der Waals surface area contributed by atoms with E-state index in [9.17, 15) is 0 Å². The molecule has 1 atom stereocenters. The number of hydrogen-bond acceptors (Lipinski definition) is 4. The molecule has 3 heterocycles. The molecule has 2 aromatic carbocycles. The van der Waals surface area contributed by atoms with E-state index in [1.165, 1.54) is 5.56 Å². The number of benzene rings is 2. The van der Waals surface area contributed by atoms with Gasteiger partial charge in [-0.3, -0.25) is 4.99 Å². The Bertz CT molecular complexity index is 1290. The molecule has 0 radical (unpaired) electrons. The highest BCUT2D eigenvalue weighted by atomic mass is 35.5. The molecule has 0 amide bonds. The fourth-order valence-electron chi connectivity index (χ4n) is 4.57. The SMILES string of the molecule is Clc1cc2ccc(-c3ccccc3)nc2cc1C1CC(N[N+]23C=CN=CC2=CN=C3)C1. The lowest BCUT2D eigenvalue weighted by atomic mass is 9.76. The second kappa shape index (κ2) is 7.24. The Morgan fingerprint density at radius 1 is 1.00 bits per heavy atom. The number of aliphatic imine (C=N–C) groups is 2. The predicted octanol–water partition coefficient (Wildman–Crippen LogP) is 5.56. The Balaban J connectivity index is 1.23. The number of halogens is 1. The van der Waals surface area contributed by atoms with Gasteiger partial charge in [0.2, 0.25) is 6.34 Å². The normalized spacial score (nSPS) is 26.0. The number of fused-ring (bicyclic) bond motifs is 2. The van der Waals surface area contributed by atoms with Gasteiger partial charge in [0, 0.05) is 16.0 Å². The van der Waals surface area contributed by atoms with Crippen LogP contribution in [0.25, 0.3) is 22.2 Å². The Hall–Kier alpha value is -3.12. The minimum atomic E-state index is 0.379. The lowest BCUT2D eigenvalue weighted by molar-refractivity contribution is -0.788. The number of quaternary nitrogens is 1. The molecule has 6 heteroatoms. The van der Waals surface area contributed by atoms with Crippen LogP contribution < -0.4 is 5.43 Å². The number of rotatable bonds is 4. The number of aromatic nitrogens is 1. The van der Waals surface area contributed by atoms with Gasteiger partial charge in [-0.2, -0.15) is 0 Å². The van der Waals surface area contributed by atoms with Gasteiger partial charge in [-0.1, -0.05) is 48.0 Å². The summed E-state index contributed by atoms with van der Waals surface area (Å²) in [6, 6.07) is 19.0. The summed E-state index contributed by atoms with van der Waals surface area (Å²) in [5.74, 6) is 0.421. The lowest BCUT2D eigenvalue weighted by Crippen LogP contribution is -2.58. The monoisotopic (exact) mass is 426 g/mol. The van der Waals surface area contributed by atoms with E-state index in [1.54, 1.807) is 0 Å². The quantitative estimate of drug-likeness (QED) is 0.555. The van der Waals surface area contributed by atoms with Crippen molar-refractivity contribution in [2.24, 2.45) is 9.98 Å². The Morgan fingerprint density at radius 2 is 1.87 bits per heavy atom. The molecule has 0 saturated heterocycles. The van der Waals surface area contributed by atoms with E-state index in [0.29, 0.717) is 16.6 Å². The van der Waals surface area contributed by atoms with Gasteiger partial charge in [-0.25, -0.2) is 9.98 Å². The highest BCUT2D eigenvalue weighted by Gasteiger charge is 2.42. The molecule has 1 saturated carbocycles. The maximum absolute atomic E-state index is 6.68. The molecule has 0 spiro atoms. The van der Waals surface area contributed by atoms with Crippen LogP contribution >= 0.6 is 11.6 Å². The Kier molecular flexibility index (Phi) is 4.35. The van der Waals surface area contributed by atoms with E-state index >= 15 is 0 Å². The first-order valence-electron chi connectivity index (χ1n) is 10.5. The average molecular weight is 427 g/mol. The predicted molar refractivity (Wildman–Crippen MR) is 126 cm³/mol. The standard InChI is InChI=1S/C25H21ClN5/c26-23-12-18-6-7-24(17-4-2-1-3-5-17)29-25(18)13-22(23)19-10-20(11-19)30-31-9-8-27-14-21(31)15-28-16-31/h1-9,12-16,19-20,30H,10-11H2/q+1. The van der Waals surface area contributed by atoms with E-state index in [-0.39, 0.29) is 0 Å². The van der Waals surface area contributed by atoms with Crippen LogP contribution in [-0.2, 0) is 0 Å². The first kappa shape index (κ1) is 18.6. The van der Waals surface area contributed by atoms with Crippen LogP contribution in [0.15, 0.2) is 88.9 Å². The lowest BCUT2D eigenvalue weighted by Gasteiger charge is -2.40. The van der Waals surface area contributed by atoms with Gasteiger partial charge >= 0.3 is 0 Å². The van der Waals surface area contributed by atoms with E-state index < -0.39 is 0 Å². The molecule has 1 aliphatic carbocycles. The molecule has 2 aliphatic heterocycles. The summed E-state index contributed by atoms with van der Waals surface area (Å²) in [6.45, 7) is 0. The number of pyridine rings is 1. The summed E-state index contributed by atoms with van der Waals surface area (Å²) in [4.78, 5) is 13.5. The summed E-state index contributed by atoms with van der Waals surface area (Å²) < 4.78 is 0.439. The van der Waals surface area contributed by atoms with Crippen LogP contribution in [0.1, 0.15) is 24.3 Å². The third-order valence-corrected chi connectivity index (χ3v) is 6.66. The summed E-state index contributed by atoms with van der Waals surface area (Å²) in [7, 11) is 0. The zero-order valence-electron chi connectivity index (χ0n) is 16.8. The van der Waals surface area contributed by atoms with Crippen LogP contribution in [0.2, 0.25) is 5.02 Å². The Labute approximate surface area is 185 Å². The molecule has 1 unspecified atom stereocenters. The molecule has 1 fully saturated rings. The van der Waals surface area contributed by atoms with Crippen molar-refractivity contribution in [2.75, 3.05) is 0 Å². The van der Waals surface area contributed by atoms with Gasteiger partial charge in [0.25, 0.3) is 0 Å². The van der Waals surface area contributed by atoms with E-state index in [1.807, 2.05) is 55.4 Å². The number of allylic oxidation sites excluding steroid dienone is 1. The topological polar surface area (TPSA) is 49.6 Å². The zero-order chi connectivity index (χ0) is 20.8. The van der Waals surface area contributed by atoms with Gasteiger partial charge < -0.3 is 0 Å².